The fourth-order valence-electron chi connectivity index (χ4n) is 4.00. The highest BCUT2D eigenvalue weighted by Gasteiger charge is 2.54. The van der Waals surface area contributed by atoms with Gasteiger partial charge in [0, 0.05) is 27.7 Å². The van der Waals surface area contributed by atoms with Gasteiger partial charge in [-0.3, -0.25) is 29.3 Å². The lowest BCUT2D eigenvalue weighted by Gasteiger charge is -2.45. The van der Waals surface area contributed by atoms with Crippen LogP contribution in [0.2, 0.25) is 0 Å². The second-order valence-electron chi connectivity index (χ2n) is 8.48. The quantitative estimate of drug-likeness (QED) is 0.191. The van der Waals surface area contributed by atoms with Crippen LogP contribution >= 0.6 is 0 Å². The average Bonchev–Trinajstić information content (AvgIpc) is 3.32. The van der Waals surface area contributed by atoms with Gasteiger partial charge in [-0.15, -0.1) is 0 Å². The van der Waals surface area contributed by atoms with Gasteiger partial charge in [-0.25, -0.2) is 0 Å². The molecule has 0 bridgehead atoms. The second kappa shape index (κ2) is 12.7. The Morgan fingerprint density at radius 2 is 1.54 bits per heavy atom. The van der Waals surface area contributed by atoms with Crippen LogP contribution in [0.15, 0.2) is 28.9 Å². The third kappa shape index (κ3) is 7.52. The van der Waals surface area contributed by atoms with Crippen molar-refractivity contribution >= 4 is 29.8 Å². The highest BCUT2D eigenvalue weighted by atomic mass is 16.7. The average molecular weight is 557 g/mol. The Balaban J connectivity index is 2.00. The number of carbonyl (C=O) groups is 4. The van der Waals surface area contributed by atoms with E-state index in [9.17, 15) is 34.4 Å². The SMILES string of the molecule is CC(=O)OC[C@H]1O[C@@H](O[C@H]2[C@@H](O)C=CO[C@H]2c2ccc([N+](=O)[O-])o2)[C@H](OC(C)=O)[C@@H](OC(C)=O)[C@@H]1OC(C)=O. The molecule has 1 saturated heterocycles. The fraction of sp³-hybridized carbons (Fsp3) is 0.565. The van der Waals surface area contributed by atoms with Gasteiger partial charge in [0.25, 0.3) is 0 Å². The third-order valence-corrected chi connectivity index (χ3v) is 5.45. The minimum Gasteiger partial charge on any atom is -0.487 e. The zero-order chi connectivity index (χ0) is 28.9. The third-order valence-electron chi connectivity index (χ3n) is 5.45. The first-order valence-electron chi connectivity index (χ1n) is 11.6. The van der Waals surface area contributed by atoms with Gasteiger partial charge in [-0.2, -0.15) is 0 Å². The molecule has 2 aliphatic heterocycles. The summed E-state index contributed by atoms with van der Waals surface area (Å²) in [6, 6.07) is 2.33. The summed E-state index contributed by atoms with van der Waals surface area (Å²) in [4.78, 5) is 57.7. The van der Waals surface area contributed by atoms with Crippen LogP contribution in [0.3, 0.4) is 0 Å². The van der Waals surface area contributed by atoms with Gasteiger partial charge in [0.15, 0.2) is 36.5 Å². The van der Waals surface area contributed by atoms with E-state index in [2.05, 4.69) is 0 Å². The maximum atomic E-state index is 12.0. The van der Waals surface area contributed by atoms with E-state index in [4.69, 9.17) is 37.6 Å². The number of hydrogen-bond acceptors (Lipinski definition) is 15. The van der Waals surface area contributed by atoms with E-state index in [0.29, 0.717) is 0 Å². The molecule has 2 aliphatic rings. The van der Waals surface area contributed by atoms with E-state index >= 15 is 0 Å². The van der Waals surface area contributed by atoms with E-state index in [1.54, 1.807) is 0 Å². The Kier molecular flexibility index (Phi) is 9.61. The molecule has 0 aromatic carbocycles. The Morgan fingerprint density at radius 3 is 2.10 bits per heavy atom. The van der Waals surface area contributed by atoms with Crippen molar-refractivity contribution in [2.75, 3.05) is 6.61 Å². The zero-order valence-electron chi connectivity index (χ0n) is 21.2. The molecule has 0 aliphatic carbocycles. The normalized spacial score (nSPS) is 30.0. The number of nitrogens with zero attached hydrogens (tertiary/aromatic N) is 1. The first kappa shape index (κ1) is 29.5. The lowest BCUT2D eigenvalue weighted by atomic mass is 9.97. The monoisotopic (exact) mass is 557 g/mol. The minimum atomic E-state index is -1.63. The van der Waals surface area contributed by atoms with E-state index in [0.717, 1.165) is 40.0 Å². The Morgan fingerprint density at radius 1 is 0.923 bits per heavy atom. The number of rotatable bonds is 9. The Hall–Kier alpha value is -4.02. The van der Waals surface area contributed by atoms with Crippen molar-refractivity contribution in [1.29, 1.82) is 0 Å². The molecule has 3 heterocycles. The van der Waals surface area contributed by atoms with Gasteiger partial charge in [-0.1, -0.05) is 0 Å². The van der Waals surface area contributed by atoms with Crippen molar-refractivity contribution in [1.82, 2.24) is 0 Å². The fourth-order valence-corrected chi connectivity index (χ4v) is 4.00. The number of aliphatic hydroxyl groups is 1. The Bertz CT molecular complexity index is 1110. The molecule has 1 fully saturated rings. The lowest BCUT2D eigenvalue weighted by Crippen LogP contribution is -2.64. The van der Waals surface area contributed by atoms with Crippen LogP contribution in [0.5, 0.6) is 0 Å². The molecule has 39 heavy (non-hydrogen) atoms. The number of esters is 4. The number of nitro groups is 1. The van der Waals surface area contributed by atoms with Crippen LogP contribution in [0.25, 0.3) is 0 Å². The molecule has 1 aromatic heterocycles. The molecule has 16 nitrogen and oxygen atoms in total. The largest absolute Gasteiger partial charge is 0.487 e. The van der Waals surface area contributed by atoms with Crippen molar-refractivity contribution < 1.29 is 66.8 Å². The summed E-state index contributed by atoms with van der Waals surface area (Å²) in [5, 5.41) is 21.8. The number of aliphatic hydroxyl groups excluding tert-OH is 1. The molecular weight excluding hydrogens is 530 g/mol. The summed E-state index contributed by atoms with van der Waals surface area (Å²) in [6.45, 7) is 3.82. The highest BCUT2D eigenvalue weighted by Crippen LogP contribution is 2.37. The minimum absolute atomic E-state index is 0.0827. The van der Waals surface area contributed by atoms with Gasteiger partial charge in [0.05, 0.1) is 12.3 Å². The van der Waals surface area contributed by atoms with Crippen LogP contribution in [-0.4, -0.2) is 83.4 Å². The molecule has 0 saturated carbocycles. The number of hydrogen-bond donors (Lipinski definition) is 1. The summed E-state index contributed by atoms with van der Waals surface area (Å²) >= 11 is 0. The van der Waals surface area contributed by atoms with Gasteiger partial charge < -0.3 is 42.7 Å². The maximum absolute atomic E-state index is 12.0. The lowest BCUT2D eigenvalue weighted by molar-refractivity contribution is -0.402. The van der Waals surface area contributed by atoms with Crippen LogP contribution in [0, 0.1) is 10.1 Å². The van der Waals surface area contributed by atoms with E-state index in [1.807, 2.05) is 0 Å². The smallest absolute Gasteiger partial charge is 0.433 e. The second-order valence-corrected chi connectivity index (χ2v) is 8.48. The van der Waals surface area contributed by atoms with Crippen molar-refractivity contribution in [2.24, 2.45) is 0 Å². The van der Waals surface area contributed by atoms with Gasteiger partial charge in [0.1, 0.15) is 29.8 Å². The van der Waals surface area contributed by atoms with Crippen molar-refractivity contribution in [3.8, 4) is 0 Å². The predicted octanol–water partition coefficient (Wildman–Crippen LogP) is 0.602. The standard InChI is InChI=1S/C23H27NO15/c1-10(25)33-9-16-20(34-11(2)26)21(35-12(3)27)22(36-13(4)28)23(38-16)39-18-14(29)7-8-32-19(18)15-5-6-17(37-15)24(30)31/h5-8,14,16,18-23,29H,9H2,1-4H3/t14-,16+,18-,19-,20+,21-,22+,23-/m0/s1. The Labute approximate surface area is 220 Å². The van der Waals surface area contributed by atoms with Crippen LogP contribution in [0.1, 0.15) is 39.6 Å². The summed E-state index contributed by atoms with van der Waals surface area (Å²) in [7, 11) is 0. The molecule has 0 spiro atoms. The van der Waals surface area contributed by atoms with Gasteiger partial charge in [-0.05, 0) is 12.1 Å². The molecule has 16 heteroatoms. The molecule has 0 unspecified atom stereocenters. The van der Waals surface area contributed by atoms with Crippen LogP contribution in [-0.2, 0) is 52.3 Å². The summed E-state index contributed by atoms with van der Waals surface area (Å²) < 4.78 is 43.5. The number of carbonyl (C=O) groups excluding carboxylic acids is 4. The summed E-state index contributed by atoms with van der Waals surface area (Å²) in [6.07, 6.45) is -9.06. The molecule has 0 radical (unpaired) electrons. The predicted molar refractivity (Wildman–Crippen MR) is 121 cm³/mol. The first-order chi connectivity index (χ1) is 18.4. The number of ether oxygens (including phenoxy) is 7. The maximum Gasteiger partial charge on any atom is 0.433 e. The molecule has 3 rings (SSSR count). The molecular formula is C23H27NO15. The number of furan rings is 1. The van der Waals surface area contributed by atoms with Crippen LogP contribution < -0.4 is 0 Å². The van der Waals surface area contributed by atoms with Crippen LogP contribution in [0.4, 0.5) is 5.88 Å². The molecule has 0 amide bonds. The summed E-state index contributed by atoms with van der Waals surface area (Å²) in [5.41, 5.74) is 0. The first-order valence-corrected chi connectivity index (χ1v) is 11.6. The topological polar surface area (TPSA) is 209 Å². The van der Waals surface area contributed by atoms with E-state index < -0.39 is 90.3 Å². The molecule has 1 aromatic rings. The van der Waals surface area contributed by atoms with E-state index in [-0.39, 0.29) is 5.76 Å². The molecule has 8 atom stereocenters. The van der Waals surface area contributed by atoms with Gasteiger partial charge >= 0.3 is 29.8 Å². The van der Waals surface area contributed by atoms with Gasteiger partial charge in [0.2, 0.25) is 0 Å². The van der Waals surface area contributed by atoms with Crippen molar-refractivity contribution in [3.63, 3.8) is 0 Å². The molecule has 1 N–H and O–H groups in total. The van der Waals surface area contributed by atoms with Crippen molar-refractivity contribution in [3.05, 3.63) is 40.3 Å². The zero-order valence-corrected chi connectivity index (χ0v) is 21.2. The van der Waals surface area contributed by atoms with E-state index in [1.165, 1.54) is 12.1 Å². The van der Waals surface area contributed by atoms with Crippen molar-refractivity contribution in [2.45, 2.75) is 76.7 Å². The summed E-state index contributed by atoms with van der Waals surface area (Å²) in [5.74, 6) is -3.89. The highest BCUT2D eigenvalue weighted by molar-refractivity contribution is 5.68. The molecule has 214 valence electrons.